The number of hydrogen-bond donors (Lipinski definition) is 1. The predicted octanol–water partition coefficient (Wildman–Crippen LogP) is 4.65. The minimum atomic E-state index is -0.0116. The normalized spacial score (nSPS) is 18.9. The van der Waals surface area contributed by atoms with Crippen molar-refractivity contribution in [1.29, 1.82) is 0 Å². The van der Waals surface area contributed by atoms with E-state index in [1.165, 1.54) is 5.69 Å². The van der Waals surface area contributed by atoms with Crippen molar-refractivity contribution in [2.45, 2.75) is 38.9 Å². The van der Waals surface area contributed by atoms with Crippen LogP contribution >= 0.6 is 12.2 Å². The Bertz CT molecular complexity index is 968. The molecule has 4 rings (SSSR count). The van der Waals surface area contributed by atoms with Gasteiger partial charge in [-0.15, -0.1) is 0 Å². The van der Waals surface area contributed by atoms with Gasteiger partial charge in [-0.25, -0.2) is 0 Å². The average Bonchev–Trinajstić information content (AvgIpc) is 3.33. The van der Waals surface area contributed by atoms with Crippen LogP contribution in [0.1, 0.15) is 44.2 Å². The second-order valence-electron chi connectivity index (χ2n) is 7.36. The molecule has 150 valence electrons. The Morgan fingerprint density at radius 3 is 2.55 bits per heavy atom. The highest BCUT2D eigenvalue weighted by Crippen LogP contribution is 2.40. The molecule has 2 atom stereocenters. The number of benzene rings is 1. The molecule has 1 fully saturated rings. The Morgan fingerprint density at radius 1 is 1.10 bits per heavy atom. The van der Waals surface area contributed by atoms with Crippen molar-refractivity contribution in [2.75, 3.05) is 6.61 Å². The van der Waals surface area contributed by atoms with E-state index in [0.29, 0.717) is 6.61 Å². The molecule has 5 nitrogen and oxygen atoms in total. The number of nitrogens with one attached hydrogen (secondary N) is 1. The molecule has 1 saturated heterocycles. The Morgan fingerprint density at radius 2 is 1.90 bits per heavy atom. The summed E-state index contributed by atoms with van der Waals surface area (Å²) in [6.45, 7) is 7.00. The Balaban J connectivity index is 1.77. The third-order valence-corrected chi connectivity index (χ3v) is 5.53. The van der Waals surface area contributed by atoms with E-state index in [0.717, 1.165) is 22.2 Å². The Hall–Kier alpha value is -2.86. The van der Waals surface area contributed by atoms with Crippen LogP contribution in [-0.2, 0) is 0 Å². The van der Waals surface area contributed by atoms with E-state index < -0.39 is 0 Å². The summed E-state index contributed by atoms with van der Waals surface area (Å²) in [7, 11) is 0. The van der Waals surface area contributed by atoms with E-state index in [-0.39, 0.29) is 18.1 Å². The summed E-state index contributed by atoms with van der Waals surface area (Å²) in [4.78, 5) is 6.88. The summed E-state index contributed by atoms with van der Waals surface area (Å²) >= 11 is 5.71. The molecule has 29 heavy (non-hydrogen) atoms. The van der Waals surface area contributed by atoms with E-state index in [4.69, 9.17) is 17.0 Å². The lowest BCUT2D eigenvalue weighted by Crippen LogP contribution is -2.36. The molecule has 0 amide bonds. The molecule has 0 bridgehead atoms. The van der Waals surface area contributed by atoms with E-state index in [2.05, 4.69) is 70.1 Å². The van der Waals surface area contributed by atoms with E-state index in [9.17, 15) is 0 Å². The van der Waals surface area contributed by atoms with Crippen molar-refractivity contribution in [3.63, 3.8) is 0 Å². The fourth-order valence-electron chi connectivity index (χ4n) is 3.98. The summed E-state index contributed by atoms with van der Waals surface area (Å²) in [5, 5.41) is 4.27. The van der Waals surface area contributed by atoms with E-state index in [1.54, 1.807) is 0 Å². The molecule has 0 spiro atoms. The highest BCUT2D eigenvalue weighted by Gasteiger charge is 2.42. The minimum absolute atomic E-state index is 0.0116. The number of thiocarbonyl (C=S) groups is 1. The lowest BCUT2D eigenvalue weighted by Gasteiger charge is -2.31. The van der Waals surface area contributed by atoms with Gasteiger partial charge in [-0.05, 0) is 81.5 Å². The van der Waals surface area contributed by atoms with Crippen LogP contribution in [0, 0.1) is 0 Å². The molecule has 1 aliphatic rings. The number of hydrogen-bond acceptors (Lipinski definition) is 3. The molecule has 1 aliphatic heterocycles. The molecule has 0 aliphatic carbocycles. The van der Waals surface area contributed by atoms with Gasteiger partial charge in [0.05, 0.1) is 24.4 Å². The fourth-order valence-corrected chi connectivity index (χ4v) is 4.43. The monoisotopic (exact) mass is 406 g/mol. The number of rotatable bonds is 6. The molecular weight excluding hydrogens is 380 g/mol. The number of ether oxygens (including phenoxy) is 1. The summed E-state index contributed by atoms with van der Waals surface area (Å²) < 4.78 is 7.82. The largest absolute Gasteiger partial charge is 0.494 e. The zero-order valence-corrected chi connectivity index (χ0v) is 17.8. The predicted molar refractivity (Wildman–Crippen MR) is 119 cm³/mol. The van der Waals surface area contributed by atoms with Gasteiger partial charge in [0.2, 0.25) is 0 Å². The van der Waals surface area contributed by atoms with Crippen molar-refractivity contribution in [3.8, 4) is 11.4 Å². The number of nitrogens with zero attached hydrogens (tertiary/aromatic N) is 3. The summed E-state index contributed by atoms with van der Waals surface area (Å²) in [5.74, 6) is 0.879. The molecule has 0 unspecified atom stereocenters. The fraction of sp³-hybridized carbons (Fsp3) is 0.304. The summed E-state index contributed by atoms with van der Waals surface area (Å²) in [6.07, 6.45) is 3.93. The SMILES string of the molecule is CCOc1ccc(-n2cccc2[C@H]2[C@H](c3ccccn3)NC(=S)N2C(C)C)cc1. The molecule has 2 aromatic heterocycles. The maximum Gasteiger partial charge on any atom is 0.170 e. The van der Waals surface area contributed by atoms with Crippen molar-refractivity contribution in [2.24, 2.45) is 0 Å². The quantitative estimate of drug-likeness (QED) is 0.604. The van der Waals surface area contributed by atoms with Gasteiger partial charge in [-0.1, -0.05) is 6.07 Å². The van der Waals surface area contributed by atoms with Gasteiger partial charge in [0.15, 0.2) is 5.11 Å². The van der Waals surface area contributed by atoms with Crippen molar-refractivity contribution in [1.82, 2.24) is 19.8 Å². The molecule has 6 heteroatoms. The average molecular weight is 407 g/mol. The van der Waals surface area contributed by atoms with Crippen LogP contribution in [0.4, 0.5) is 0 Å². The second kappa shape index (κ2) is 8.25. The van der Waals surface area contributed by atoms with Crippen molar-refractivity contribution >= 4 is 17.3 Å². The van der Waals surface area contributed by atoms with Gasteiger partial charge in [-0.3, -0.25) is 4.98 Å². The number of aromatic nitrogens is 2. The van der Waals surface area contributed by atoms with Gasteiger partial charge >= 0.3 is 0 Å². The van der Waals surface area contributed by atoms with Gasteiger partial charge < -0.3 is 19.5 Å². The van der Waals surface area contributed by atoms with Crippen LogP contribution in [0.25, 0.3) is 5.69 Å². The van der Waals surface area contributed by atoms with Crippen LogP contribution in [0.3, 0.4) is 0 Å². The van der Waals surface area contributed by atoms with E-state index >= 15 is 0 Å². The molecular formula is C23H26N4OS. The first-order chi connectivity index (χ1) is 14.1. The zero-order valence-electron chi connectivity index (χ0n) is 16.9. The summed E-state index contributed by atoms with van der Waals surface area (Å²) in [5.41, 5.74) is 3.25. The Kier molecular flexibility index (Phi) is 5.53. The van der Waals surface area contributed by atoms with Gasteiger partial charge in [0.25, 0.3) is 0 Å². The lowest BCUT2D eigenvalue weighted by molar-refractivity contribution is 0.262. The number of pyridine rings is 1. The molecule has 3 heterocycles. The lowest BCUT2D eigenvalue weighted by atomic mass is 10.0. The minimum Gasteiger partial charge on any atom is -0.494 e. The first-order valence-electron chi connectivity index (χ1n) is 10.0. The van der Waals surface area contributed by atoms with Crippen LogP contribution in [0.2, 0.25) is 0 Å². The third kappa shape index (κ3) is 3.72. The molecule has 0 radical (unpaired) electrons. The Labute approximate surface area is 177 Å². The molecule has 1 N–H and O–H groups in total. The molecule has 3 aromatic rings. The van der Waals surface area contributed by atoms with Gasteiger partial charge in [-0.2, -0.15) is 0 Å². The van der Waals surface area contributed by atoms with Crippen molar-refractivity contribution < 1.29 is 4.74 Å². The highest BCUT2D eigenvalue weighted by atomic mass is 32.1. The topological polar surface area (TPSA) is 42.3 Å². The second-order valence-corrected chi connectivity index (χ2v) is 7.74. The van der Waals surface area contributed by atoms with Crippen LogP contribution in [0.15, 0.2) is 67.0 Å². The standard InChI is InChI=1S/C23H26N4OS/c1-4-28-18-12-10-17(11-13-18)26-15-7-9-20(26)22-21(19-8-5-6-14-24-19)25-23(29)27(22)16(2)3/h5-16,21-22H,4H2,1-3H3,(H,25,29)/t21-,22-/m0/s1. The van der Waals surface area contributed by atoms with E-state index in [1.807, 2.05) is 37.4 Å². The van der Waals surface area contributed by atoms with Crippen LogP contribution in [-0.4, -0.2) is 32.2 Å². The van der Waals surface area contributed by atoms with Crippen LogP contribution < -0.4 is 10.1 Å². The zero-order chi connectivity index (χ0) is 20.4. The van der Waals surface area contributed by atoms with Gasteiger partial charge in [0.1, 0.15) is 5.75 Å². The van der Waals surface area contributed by atoms with Crippen LogP contribution in [0.5, 0.6) is 5.75 Å². The molecule has 1 aromatic carbocycles. The third-order valence-electron chi connectivity index (χ3n) is 5.20. The van der Waals surface area contributed by atoms with Gasteiger partial charge in [0, 0.05) is 29.8 Å². The molecule has 0 saturated carbocycles. The highest BCUT2D eigenvalue weighted by molar-refractivity contribution is 7.80. The smallest absolute Gasteiger partial charge is 0.170 e. The maximum atomic E-state index is 5.71. The maximum absolute atomic E-state index is 5.71. The summed E-state index contributed by atoms with van der Waals surface area (Å²) in [6, 6.07) is 18.8. The first kappa shape index (κ1) is 19.5. The first-order valence-corrected chi connectivity index (χ1v) is 10.4. The van der Waals surface area contributed by atoms with Crippen molar-refractivity contribution in [3.05, 3.63) is 78.4 Å².